The molecule has 0 nitrogen and oxygen atoms in total. The van der Waals surface area contributed by atoms with Crippen molar-refractivity contribution in [2.45, 2.75) is 0 Å². The van der Waals surface area contributed by atoms with Crippen LogP contribution in [-0.2, 0) is 0 Å². The van der Waals surface area contributed by atoms with Crippen LogP contribution in [0.2, 0.25) is 0 Å². The van der Waals surface area contributed by atoms with Crippen LogP contribution in [0.4, 0.5) is 0 Å². The van der Waals surface area contributed by atoms with Crippen molar-refractivity contribution in [1.82, 2.24) is 0 Å². The molecule has 0 bridgehead atoms. The van der Waals surface area contributed by atoms with Gasteiger partial charge in [0.05, 0.1) is 0 Å². The van der Waals surface area contributed by atoms with Crippen molar-refractivity contribution in [2.75, 3.05) is 0 Å². The molecule has 0 heterocycles. The third-order valence-electron chi connectivity index (χ3n) is 3.40. The minimum atomic E-state index is 1.34. The summed E-state index contributed by atoms with van der Waals surface area (Å²) in [6, 6.07) is 21.6. The Balaban J connectivity index is 2.10. The van der Waals surface area contributed by atoms with Crippen LogP contribution < -0.4 is 0 Å². The molecule has 0 unspecified atom stereocenters. The Morgan fingerprint density at radius 3 is 2.12 bits per heavy atom. The Morgan fingerprint density at radius 1 is 0.500 bits per heavy atom. The van der Waals surface area contributed by atoms with E-state index in [9.17, 15) is 0 Å². The molecule has 0 atom stereocenters. The molecule has 1 aromatic rings. The Hall–Kier alpha value is -2.08. The summed E-state index contributed by atoms with van der Waals surface area (Å²) in [5.41, 5.74) is 8.36. The third-order valence-corrected chi connectivity index (χ3v) is 3.40. The van der Waals surface area contributed by atoms with E-state index < -0.39 is 0 Å². The molecule has 4 rings (SSSR count). The lowest BCUT2D eigenvalue weighted by Gasteiger charge is -2.20. The van der Waals surface area contributed by atoms with E-state index >= 15 is 0 Å². The molecule has 0 aromatic heterocycles. The van der Waals surface area contributed by atoms with E-state index in [-0.39, 0.29) is 0 Å². The zero-order chi connectivity index (χ0) is 10.5. The van der Waals surface area contributed by atoms with Crippen LogP contribution >= 0.6 is 0 Å². The van der Waals surface area contributed by atoms with Crippen LogP contribution in [0.3, 0.4) is 0 Å². The lowest BCUT2D eigenvalue weighted by Crippen LogP contribution is -1.93. The molecule has 16 heavy (non-hydrogen) atoms. The summed E-state index contributed by atoms with van der Waals surface area (Å²) in [6.07, 6.45) is 0. The summed E-state index contributed by atoms with van der Waals surface area (Å²) in [7, 11) is 0. The number of rotatable bonds is 0. The minimum absolute atomic E-state index is 1.34. The first-order valence-electron chi connectivity index (χ1n) is 5.57. The SMILES string of the molecule is c1ccc2cc3c(c-2cc1)-c1ccccc1-3. The van der Waals surface area contributed by atoms with Crippen molar-refractivity contribution < 1.29 is 0 Å². The summed E-state index contributed by atoms with van der Waals surface area (Å²) < 4.78 is 0. The summed E-state index contributed by atoms with van der Waals surface area (Å²) in [4.78, 5) is 0. The standard InChI is InChI=1S/C16H10/c1-2-6-11-10-15-13-8-4-5-9-14(13)16(15)12(11)7-3-1/h1-10H. The molecule has 3 aliphatic rings. The fraction of sp³-hybridized carbons (Fsp3) is 0. The van der Waals surface area contributed by atoms with E-state index in [0.717, 1.165) is 0 Å². The highest BCUT2D eigenvalue weighted by Gasteiger charge is 2.27. The molecule has 3 aliphatic carbocycles. The fourth-order valence-corrected chi connectivity index (χ4v) is 2.66. The summed E-state index contributed by atoms with van der Waals surface area (Å²) in [5, 5.41) is 0. The second kappa shape index (κ2) is 2.73. The highest BCUT2D eigenvalue weighted by Crippen LogP contribution is 2.54. The zero-order valence-corrected chi connectivity index (χ0v) is 8.77. The van der Waals surface area contributed by atoms with Gasteiger partial charge < -0.3 is 0 Å². The largest absolute Gasteiger partial charge is 0.0622 e. The molecule has 74 valence electrons. The molecular formula is C16H10. The van der Waals surface area contributed by atoms with Gasteiger partial charge in [-0.2, -0.15) is 0 Å². The Kier molecular flexibility index (Phi) is 1.39. The van der Waals surface area contributed by atoms with E-state index in [1.54, 1.807) is 0 Å². The molecule has 0 fully saturated rings. The van der Waals surface area contributed by atoms with Crippen molar-refractivity contribution in [1.29, 1.82) is 0 Å². The van der Waals surface area contributed by atoms with E-state index in [0.29, 0.717) is 0 Å². The Labute approximate surface area is 94.5 Å². The lowest BCUT2D eigenvalue weighted by atomic mass is 9.83. The quantitative estimate of drug-likeness (QED) is 0.395. The zero-order valence-electron chi connectivity index (χ0n) is 8.77. The van der Waals surface area contributed by atoms with Gasteiger partial charge in [0.1, 0.15) is 0 Å². The van der Waals surface area contributed by atoms with Crippen LogP contribution in [0, 0.1) is 0 Å². The number of hydrogen-bond acceptors (Lipinski definition) is 0. The smallest absolute Gasteiger partial charge is 0.00201 e. The van der Waals surface area contributed by atoms with Crippen LogP contribution in [0.1, 0.15) is 0 Å². The molecule has 0 amide bonds. The van der Waals surface area contributed by atoms with E-state index in [4.69, 9.17) is 0 Å². The Bertz CT molecular complexity index is 665. The third kappa shape index (κ3) is 0.849. The maximum absolute atomic E-state index is 2.30. The summed E-state index contributed by atoms with van der Waals surface area (Å²) in [6.45, 7) is 0. The first-order chi connectivity index (χ1) is 7.95. The van der Waals surface area contributed by atoms with Gasteiger partial charge >= 0.3 is 0 Å². The molecule has 0 saturated carbocycles. The molecule has 1 aromatic carbocycles. The highest BCUT2D eigenvalue weighted by atomic mass is 14.3. The van der Waals surface area contributed by atoms with Crippen molar-refractivity contribution >= 4 is 0 Å². The topological polar surface area (TPSA) is 0 Å². The second-order valence-corrected chi connectivity index (χ2v) is 4.26. The molecule has 0 heteroatoms. The first kappa shape index (κ1) is 8.12. The molecule has 0 radical (unpaired) electrons. The second-order valence-electron chi connectivity index (χ2n) is 4.26. The van der Waals surface area contributed by atoms with Crippen LogP contribution in [0.15, 0.2) is 60.7 Å². The first-order valence-corrected chi connectivity index (χ1v) is 5.57. The maximum Gasteiger partial charge on any atom is -0.00201 e. The monoisotopic (exact) mass is 202 g/mol. The van der Waals surface area contributed by atoms with Crippen molar-refractivity contribution in [2.24, 2.45) is 0 Å². The van der Waals surface area contributed by atoms with Gasteiger partial charge in [-0.15, -0.1) is 0 Å². The molecule has 0 saturated heterocycles. The van der Waals surface area contributed by atoms with Gasteiger partial charge in [-0.1, -0.05) is 54.6 Å². The van der Waals surface area contributed by atoms with Gasteiger partial charge in [0.2, 0.25) is 0 Å². The number of benzene rings is 1. The van der Waals surface area contributed by atoms with Crippen LogP contribution in [-0.4, -0.2) is 0 Å². The van der Waals surface area contributed by atoms with E-state index in [1.807, 2.05) is 0 Å². The van der Waals surface area contributed by atoms with Crippen LogP contribution in [0.5, 0.6) is 0 Å². The number of hydrogen-bond donors (Lipinski definition) is 0. The van der Waals surface area contributed by atoms with Crippen molar-refractivity contribution in [3.8, 4) is 33.4 Å². The van der Waals surface area contributed by atoms with Crippen molar-refractivity contribution in [3.05, 3.63) is 60.7 Å². The van der Waals surface area contributed by atoms with E-state index in [1.165, 1.54) is 33.4 Å². The average molecular weight is 202 g/mol. The summed E-state index contributed by atoms with van der Waals surface area (Å²) >= 11 is 0. The van der Waals surface area contributed by atoms with Gasteiger partial charge in [0.25, 0.3) is 0 Å². The van der Waals surface area contributed by atoms with Crippen molar-refractivity contribution in [3.63, 3.8) is 0 Å². The van der Waals surface area contributed by atoms with Gasteiger partial charge in [0, 0.05) is 0 Å². The predicted molar refractivity (Wildman–Crippen MR) is 67.5 cm³/mol. The van der Waals surface area contributed by atoms with Gasteiger partial charge in [-0.3, -0.25) is 0 Å². The fourth-order valence-electron chi connectivity index (χ4n) is 2.66. The van der Waals surface area contributed by atoms with Crippen LogP contribution in [0.25, 0.3) is 33.4 Å². The molecule has 0 aliphatic heterocycles. The maximum atomic E-state index is 2.30. The Morgan fingerprint density at radius 2 is 1.19 bits per heavy atom. The average Bonchev–Trinajstić information content (AvgIpc) is 2.46. The highest BCUT2D eigenvalue weighted by molar-refractivity contribution is 6.11. The number of fused-ring (bicyclic) bond motifs is 6. The normalized spacial score (nSPS) is 11.8. The predicted octanol–water partition coefficient (Wildman–Crippen LogP) is 4.44. The molecular weight excluding hydrogens is 192 g/mol. The van der Waals surface area contributed by atoms with Gasteiger partial charge in [-0.05, 0) is 39.4 Å². The van der Waals surface area contributed by atoms with Gasteiger partial charge in [-0.25, -0.2) is 0 Å². The minimum Gasteiger partial charge on any atom is -0.0622 e. The molecule has 0 N–H and O–H groups in total. The lowest BCUT2D eigenvalue weighted by molar-refractivity contribution is 1.58. The van der Waals surface area contributed by atoms with Gasteiger partial charge in [0.15, 0.2) is 0 Å². The molecule has 0 spiro atoms. The summed E-state index contributed by atoms with van der Waals surface area (Å²) in [5.74, 6) is 0. The van der Waals surface area contributed by atoms with E-state index in [2.05, 4.69) is 60.7 Å².